The van der Waals surface area contributed by atoms with Crippen LogP contribution in [0.4, 0.5) is 19.0 Å². The summed E-state index contributed by atoms with van der Waals surface area (Å²) in [5, 5.41) is 12.4. The number of aliphatic hydroxyl groups excluding tert-OH is 1. The minimum Gasteiger partial charge on any atom is -0.392 e. The molecule has 0 saturated heterocycles. The van der Waals surface area contributed by atoms with E-state index in [9.17, 15) is 23.1 Å². The number of anilines is 1. The highest BCUT2D eigenvalue weighted by atomic mass is 19.4. The van der Waals surface area contributed by atoms with Gasteiger partial charge in [0.15, 0.2) is 5.65 Å². The molecule has 26 heavy (non-hydrogen) atoms. The number of nitrogens with zero attached hydrogens (tertiary/aromatic N) is 4. The first kappa shape index (κ1) is 17.8. The lowest BCUT2D eigenvalue weighted by atomic mass is 10.1. The van der Waals surface area contributed by atoms with E-state index in [0.717, 1.165) is 10.6 Å². The van der Waals surface area contributed by atoms with Crippen LogP contribution in [0.5, 0.6) is 0 Å². The highest BCUT2D eigenvalue weighted by Crippen LogP contribution is 2.33. The molecule has 0 radical (unpaired) electrons. The summed E-state index contributed by atoms with van der Waals surface area (Å²) < 4.78 is 40.7. The van der Waals surface area contributed by atoms with E-state index in [2.05, 4.69) is 20.3 Å². The van der Waals surface area contributed by atoms with E-state index in [1.54, 1.807) is 13.0 Å². The van der Waals surface area contributed by atoms with Crippen LogP contribution in [-0.4, -0.2) is 31.7 Å². The van der Waals surface area contributed by atoms with Crippen LogP contribution in [0, 0.1) is 6.92 Å². The molecule has 0 atom stereocenters. The summed E-state index contributed by atoms with van der Waals surface area (Å²) in [4.78, 5) is 24.1. The largest absolute Gasteiger partial charge is 0.433 e. The fraction of sp³-hybridized carbons (Fsp3) is 0.250. The van der Waals surface area contributed by atoms with E-state index in [1.165, 1.54) is 19.3 Å². The Morgan fingerprint density at radius 3 is 2.62 bits per heavy atom. The maximum Gasteiger partial charge on any atom is 0.433 e. The Morgan fingerprint density at radius 2 is 2.04 bits per heavy atom. The zero-order chi connectivity index (χ0) is 19.1. The van der Waals surface area contributed by atoms with Crippen molar-refractivity contribution >= 4 is 16.9 Å². The number of hydrogen-bond donors (Lipinski definition) is 2. The molecule has 3 aromatic heterocycles. The summed E-state index contributed by atoms with van der Waals surface area (Å²) in [6.07, 6.45) is -3.25. The first-order chi connectivity index (χ1) is 12.3. The molecule has 0 unspecified atom stereocenters. The molecular formula is C16H14F3N5O2. The summed E-state index contributed by atoms with van der Waals surface area (Å²) >= 11 is 0. The van der Waals surface area contributed by atoms with E-state index >= 15 is 0 Å². The van der Waals surface area contributed by atoms with Crippen molar-refractivity contribution in [1.29, 1.82) is 0 Å². The first-order valence-electron chi connectivity index (χ1n) is 7.52. The SMILES string of the molecule is CNc1nc(=O)n(-c2cccnc2C)c2nc(C(F)(F)F)cc(CO)c12. The molecule has 0 saturated carbocycles. The standard InChI is InChI=1S/C16H14F3N5O2/c1-8-10(4-3-5-21-8)24-14-12(13(20-2)23-15(24)26)9(7-25)6-11(22-14)16(17,18)19/h3-6,25H,7H2,1-2H3,(H,20,23,26). The van der Waals surface area contributed by atoms with Gasteiger partial charge in [-0.2, -0.15) is 18.2 Å². The van der Waals surface area contributed by atoms with Gasteiger partial charge < -0.3 is 10.4 Å². The van der Waals surface area contributed by atoms with E-state index < -0.39 is 24.2 Å². The van der Waals surface area contributed by atoms with Crippen molar-refractivity contribution in [1.82, 2.24) is 19.5 Å². The van der Waals surface area contributed by atoms with Gasteiger partial charge in [0.2, 0.25) is 0 Å². The maximum atomic E-state index is 13.3. The molecule has 0 aliphatic carbocycles. The maximum absolute atomic E-state index is 13.3. The zero-order valence-electron chi connectivity index (χ0n) is 13.8. The minimum absolute atomic E-state index is 0.0352. The number of aliphatic hydroxyl groups is 1. The number of alkyl halides is 3. The Balaban J connectivity index is 2.55. The van der Waals surface area contributed by atoms with E-state index in [0.29, 0.717) is 5.69 Å². The fourth-order valence-electron chi connectivity index (χ4n) is 2.68. The van der Waals surface area contributed by atoms with Gasteiger partial charge in [-0.1, -0.05) is 0 Å². The first-order valence-corrected chi connectivity index (χ1v) is 7.52. The number of nitrogens with one attached hydrogen (secondary N) is 1. The second-order valence-corrected chi connectivity index (χ2v) is 5.46. The van der Waals surface area contributed by atoms with Crippen molar-refractivity contribution in [3.8, 4) is 5.69 Å². The number of rotatable bonds is 3. The smallest absolute Gasteiger partial charge is 0.392 e. The third-order valence-electron chi connectivity index (χ3n) is 3.85. The fourth-order valence-corrected chi connectivity index (χ4v) is 2.68. The zero-order valence-corrected chi connectivity index (χ0v) is 13.8. The summed E-state index contributed by atoms with van der Waals surface area (Å²) in [7, 11) is 1.47. The minimum atomic E-state index is -4.74. The molecule has 0 amide bonds. The summed E-state index contributed by atoms with van der Waals surface area (Å²) in [5.41, 5.74) is -1.66. The molecule has 0 aliphatic rings. The lowest BCUT2D eigenvalue weighted by Crippen LogP contribution is -2.26. The van der Waals surface area contributed by atoms with Crippen molar-refractivity contribution < 1.29 is 18.3 Å². The molecule has 3 aromatic rings. The third kappa shape index (κ3) is 2.88. The third-order valence-corrected chi connectivity index (χ3v) is 3.85. The molecule has 3 heterocycles. The molecule has 7 nitrogen and oxygen atoms in total. The summed E-state index contributed by atoms with van der Waals surface area (Å²) in [6.45, 7) is 0.933. The van der Waals surface area contributed by atoms with Crippen LogP contribution in [0.1, 0.15) is 17.0 Å². The molecule has 0 aromatic carbocycles. The van der Waals surface area contributed by atoms with Crippen LogP contribution >= 0.6 is 0 Å². The average molecular weight is 365 g/mol. The van der Waals surface area contributed by atoms with Crippen molar-refractivity contribution in [2.45, 2.75) is 19.7 Å². The van der Waals surface area contributed by atoms with Crippen molar-refractivity contribution in [3.05, 3.63) is 51.8 Å². The van der Waals surface area contributed by atoms with Crippen LogP contribution < -0.4 is 11.0 Å². The second-order valence-electron chi connectivity index (χ2n) is 5.46. The van der Waals surface area contributed by atoms with Crippen molar-refractivity contribution in [3.63, 3.8) is 0 Å². The van der Waals surface area contributed by atoms with Crippen LogP contribution in [0.3, 0.4) is 0 Å². The second kappa shape index (κ2) is 6.37. The molecule has 10 heteroatoms. The Labute approximate surface area is 145 Å². The number of pyridine rings is 2. The Morgan fingerprint density at radius 1 is 1.31 bits per heavy atom. The molecule has 2 N–H and O–H groups in total. The van der Waals surface area contributed by atoms with Crippen LogP contribution in [0.2, 0.25) is 0 Å². The molecular weight excluding hydrogens is 351 g/mol. The summed E-state index contributed by atoms with van der Waals surface area (Å²) in [6, 6.07) is 3.83. The van der Waals surface area contributed by atoms with Crippen LogP contribution in [-0.2, 0) is 12.8 Å². The lowest BCUT2D eigenvalue weighted by Gasteiger charge is -2.17. The number of fused-ring (bicyclic) bond motifs is 1. The van der Waals surface area contributed by atoms with Gasteiger partial charge in [0.25, 0.3) is 0 Å². The van der Waals surface area contributed by atoms with E-state index in [4.69, 9.17) is 0 Å². The van der Waals surface area contributed by atoms with Gasteiger partial charge in [-0.15, -0.1) is 0 Å². The Hall–Kier alpha value is -3.01. The van der Waals surface area contributed by atoms with Gasteiger partial charge in [-0.25, -0.2) is 14.3 Å². The molecule has 0 spiro atoms. The quantitative estimate of drug-likeness (QED) is 0.738. The van der Waals surface area contributed by atoms with Gasteiger partial charge in [0.1, 0.15) is 11.5 Å². The van der Waals surface area contributed by atoms with Crippen molar-refractivity contribution in [2.24, 2.45) is 0 Å². The monoisotopic (exact) mass is 365 g/mol. The molecule has 136 valence electrons. The van der Waals surface area contributed by atoms with E-state index in [-0.39, 0.29) is 28.1 Å². The number of aromatic nitrogens is 4. The van der Waals surface area contributed by atoms with Gasteiger partial charge in [-0.3, -0.25) is 4.98 Å². The molecule has 3 rings (SSSR count). The molecule has 0 bridgehead atoms. The topological polar surface area (TPSA) is 92.9 Å². The Bertz CT molecular complexity index is 1050. The van der Waals surface area contributed by atoms with Gasteiger partial charge in [0.05, 0.1) is 23.4 Å². The van der Waals surface area contributed by atoms with E-state index in [1.807, 2.05) is 0 Å². The normalized spacial score (nSPS) is 11.8. The van der Waals surface area contributed by atoms with Crippen LogP contribution in [0.15, 0.2) is 29.2 Å². The van der Waals surface area contributed by atoms with Gasteiger partial charge >= 0.3 is 11.9 Å². The highest BCUT2D eigenvalue weighted by molar-refractivity contribution is 5.91. The van der Waals surface area contributed by atoms with Gasteiger partial charge in [0, 0.05) is 13.2 Å². The number of aryl methyl sites for hydroxylation is 1. The predicted octanol–water partition coefficient (Wildman–Crippen LogP) is 2.04. The molecule has 0 fully saturated rings. The summed E-state index contributed by atoms with van der Waals surface area (Å²) in [5.74, 6) is 0.0352. The number of halogens is 3. The molecule has 0 aliphatic heterocycles. The predicted molar refractivity (Wildman–Crippen MR) is 88.1 cm³/mol. The lowest BCUT2D eigenvalue weighted by molar-refractivity contribution is -0.141. The average Bonchev–Trinajstić information content (AvgIpc) is 2.60. The van der Waals surface area contributed by atoms with Gasteiger partial charge in [-0.05, 0) is 30.7 Å². The van der Waals surface area contributed by atoms with Crippen molar-refractivity contribution in [2.75, 3.05) is 12.4 Å². The van der Waals surface area contributed by atoms with Crippen LogP contribution in [0.25, 0.3) is 16.7 Å². The highest BCUT2D eigenvalue weighted by Gasteiger charge is 2.34. The number of hydrogen-bond acceptors (Lipinski definition) is 6. The Kier molecular flexibility index (Phi) is 4.36.